The highest BCUT2D eigenvalue weighted by molar-refractivity contribution is 5.95. The molecule has 5 heteroatoms. The zero-order valence-electron chi connectivity index (χ0n) is 12.4. The van der Waals surface area contributed by atoms with Gasteiger partial charge in [0.1, 0.15) is 11.6 Å². The Kier molecular flexibility index (Phi) is 4.04. The van der Waals surface area contributed by atoms with Gasteiger partial charge in [-0.3, -0.25) is 9.78 Å². The van der Waals surface area contributed by atoms with E-state index in [0.29, 0.717) is 17.9 Å². The Hall–Kier alpha value is -2.43. The number of ether oxygens (including phenoxy) is 1. The largest absolute Gasteiger partial charge is 0.497 e. The summed E-state index contributed by atoms with van der Waals surface area (Å²) < 4.78 is 19.0. The molecule has 22 heavy (non-hydrogen) atoms. The van der Waals surface area contributed by atoms with Gasteiger partial charge in [-0.2, -0.15) is 0 Å². The molecule has 0 bridgehead atoms. The minimum absolute atomic E-state index is 0.0319. The van der Waals surface area contributed by atoms with Gasteiger partial charge in [-0.25, -0.2) is 4.39 Å². The minimum atomic E-state index is -0.420. The van der Waals surface area contributed by atoms with Crippen LogP contribution in [0.1, 0.15) is 17.7 Å². The molecule has 0 saturated heterocycles. The lowest BCUT2D eigenvalue weighted by Gasteiger charge is -2.28. The number of halogens is 1. The summed E-state index contributed by atoms with van der Waals surface area (Å²) in [6, 6.07) is 8.27. The van der Waals surface area contributed by atoms with Crippen molar-refractivity contribution in [3.63, 3.8) is 0 Å². The first kappa shape index (κ1) is 14.5. The molecule has 4 nitrogen and oxygen atoms in total. The summed E-state index contributed by atoms with van der Waals surface area (Å²) in [5, 5.41) is 0. The monoisotopic (exact) mass is 300 g/mol. The molecule has 2 heterocycles. The second-order valence-electron chi connectivity index (χ2n) is 5.25. The van der Waals surface area contributed by atoms with Gasteiger partial charge in [-0.1, -0.05) is 6.07 Å². The standard InChI is InChI=1S/C17H17FN2O2/c1-22-13-7-6-12(14(18)11-13)10-17(21)20-9-3-4-15-16(20)5-2-8-19-15/h2,5-8,11H,3-4,9-10H2,1H3. The Morgan fingerprint density at radius 2 is 2.27 bits per heavy atom. The third-order valence-electron chi connectivity index (χ3n) is 3.86. The summed E-state index contributed by atoms with van der Waals surface area (Å²) in [4.78, 5) is 18.6. The number of fused-ring (bicyclic) bond motifs is 1. The van der Waals surface area contributed by atoms with Gasteiger partial charge < -0.3 is 9.64 Å². The molecule has 0 unspecified atom stereocenters. The van der Waals surface area contributed by atoms with Crippen LogP contribution in [0.5, 0.6) is 5.75 Å². The number of anilines is 1. The van der Waals surface area contributed by atoms with E-state index < -0.39 is 5.82 Å². The number of aromatic nitrogens is 1. The molecule has 114 valence electrons. The van der Waals surface area contributed by atoms with Gasteiger partial charge >= 0.3 is 0 Å². The number of benzene rings is 1. The van der Waals surface area contributed by atoms with Crippen molar-refractivity contribution in [2.45, 2.75) is 19.3 Å². The van der Waals surface area contributed by atoms with Crippen molar-refractivity contribution in [1.82, 2.24) is 4.98 Å². The Morgan fingerprint density at radius 1 is 1.41 bits per heavy atom. The van der Waals surface area contributed by atoms with Crippen molar-refractivity contribution in [1.29, 1.82) is 0 Å². The number of amides is 1. The van der Waals surface area contributed by atoms with E-state index in [0.717, 1.165) is 24.2 Å². The highest BCUT2D eigenvalue weighted by atomic mass is 19.1. The molecular weight excluding hydrogens is 283 g/mol. The van der Waals surface area contributed by atoms with E-state index in [9.17, 15) is 9.18 Å². The van der Waals surface area contributed by atoms with Crippen LogP contribution < -0.4 is 9.64 Å². The maximum atomic E-state index is 14.0. The molecule has 0 aliphatic carbocycles. The fourth-order valence-corrected chi connectivity index (χ4v) is 2.71. The smallest absolute Gasteiger partial charge is 0.231 e. The quantitative estimate of drug-likeness (QED) is 0.875. The van der Waals surface area contributed by atoms with Gasteiger partial charge in [0.05, 0.1) is 24.9 Å². The third kappa shape index (κ3) is 2.79. The van der Waals surface area contributed by atoms with E-state index >= 15 is 0 Å². The molecule has 1 aromatic heterocycles. The Balaban J connectivity index is 1.81. The average molecular weight is 300 g/mol. The first-order valence-electron chi connectivity index (χ1n) is 7.25. The molecule has 1 aliphatic rings. The number of methoxy groups -OCH3 is 1. The lowest BCUT2D eigenvalue weighted by molar-refractivity contribution is -0.118. The van der Waals surface area contributed by atoms with Crippen LogP contribution in [0.3, 0.4) is 0 Å². The Morgan fingerprint density at radius 3 is 3.05 bits per heavy atom. The van der Waals surface area contributed by atoms with Gasteiger partial charge in [-0.05, 0) is 36.6 Å². The second-order valence-corrected chi connectivity index (χ2v) is 5.25. The number of carbonyl (C=O) groups excluding carboxylic acids is 1. The maximum absolute atomic E-state index is 14.0. The van der Waals surface area contributed by atoms with Gasteiger partial charge in [0.15, 0.2) is 0 Å². The summed E-state index contributed by atoms with van der Waals surface area (Å²) in [6.45, 7) is 0.648. The summed E-state index contributed by atoms with van der Waals surface area (Å²) in [7, 11) is 1.48. The van der Waals surface area contributed by atoms with E-state index in [2.05, 4.69) is 4.98 Å². The molecule has 0 fully saturated rings. The number of pyridine rings is 1. The fraction of sp³-hybridized carbons (Fsp3) is 0.294. The molecular formula is C17H17FN2O2. The van der Waals surface area contributed by atoms with E-state index in [1.807, 2.05) is 12.1 Å². The van der Waals surface area contributed by atoms with Crippen LogP contribution in [-0.2, 0) is 17.6 Å². The van der Waals surface area contributed by atoms with Crippen molar-refractivity contribution < 1.29 is 13.9 Å². The van der Waals surface area contributed by atoms with Crippen molar-refractivity contribution in [3.05, 3.63) is 53.6 Å². The van der Waals surface area contributed by atoms with Crippen molar-refractivity contribution in [3.8, 4) is 5.75 Å². The summed E-state index contributed by atoms with van der Waals surface area (Å²) in [5.41, 5.74) is 2.15. The first-order chi connectivity index (χ1) is 10.7. The predicted octanol–water partition coefficient (Wildman–Crippen LogP) is 2.75. The number of carbonyl (C=O) groups is 1. The topological polar surface area (TPSA) is 42.4 Å². The van der Waals surface area contributed by atoms with Crippen LogP contribution in [0.2, 0.25) is 0 Å². The van der Waals surface area contributed by atoms with Crippen molar-refractivity contribution >= 4 is 11.6 Å². The predicted molar refractivity (Wildman–Crippen MR) is 81.6 cm³/mol. The second kappa shape index (κ2) is 6.13. The normalized spacial score (nSPS) is 13.6. The van der Waals surface area contributed by atoms with Gasteiger partial charge in [0, 0.05) is 18.8 Å². The lowest BCUT2D eigenvalue weighted by atomic mass is 10.1. The van der Waals surface area contributed by atoms with Crippen LogP contribution in [0.15, 0.2) is 36.5 Å². The highest BCUT2D eigenvalue weighted by Gasteiger charge is 2.23. The van der Waals surface area contributed by atoms with Gasteiger partial charge in [-0.15, -0.1) is 0 Å². The Bertz CT molecular complexity index is 703. The number of hydrogen-bond acceptors (Lipinski definition) is 3. The minimum Gasteiger partial charge on any atom is -0.497 e. The molecule has 0 spiro atoms. The van der Waals surface area contributed by atoms with Crippen molar-refractivity contribution in [2.24, 2.45) is 0 Å². The molecule has 0 atom stereocenters. The molecule has 1 aromatic carbocycles. The van der Waals surface area contributed by atoms with E-state index in [1.165, 1.54) is 13.2 Å². The number of rotatable bonds is 3. The third-order valence-corrected chi connectivity index (χ3v) is 3.86. The SMILES string of the molecule is COc1ccc(CC(=O)N2CCCc3ncccc32)c(F)c1. The highest BCUT2D eigenvalue weighted by Crippen LogP contribution is 2.26. The van der Waals surface area contributed by atoms with Gasteiger partial charge in [0.2, 0.25) is 5.91 Å². The molecule has 0 saturated carbocycles. The molecule has 2 aromatic rings. The van der Waals surface area contributed by atoms with Crippen LogP contribution >= 0.6 is 0 Å². The zero-order chi connectivity index (χ0) is 15.5. The molecule has 0 radical (unpaired) electrons. The fourth-order valence-electron chi connectivity index (χ4n) is 2.71. The zero-order valence-corrected chi connectivity index (χ0v) is 12.4. The molecule has 3 rings (SSSR count). The summed E-state index contributed by atoms with van der Waals surface area (Å²) >= 11 is 0. The molecule has 0 N–H and O–H groups in total. The lowest BCUT2D eigenvalue weighted by Crippen LogP contribution is -2.37. The van der Waals surface area contributed by atoms with Crippen molar-refractivity contribution in [2.75, 3.05) is 18.6 Å². The number of aryl methyl sites for hydroxylation is 1. The summed E-state index contributed by atoms with van der Waals surface area (Å²) in [5.74, 6) is -0.0876. The van der Waals surface area contributed by atoms with E-state index in [4.69, 9.17) is 4.74 Å². The van der Waals surface area contributed by atoms with Gasteiger partial charge in [0.25, 0.3) is 0 Å². The number of hydrogen-bond donors (Lipinski definition) is 0. The van der Waals surface area contributed by atoms with Crippen LogP contribution in [-0.4, -0.2) is 24.5 Å². The number of nitrogens with zero attached hydrogens (tertiary/aromatic N) is 2. The van der Waals surface area contributed by atoms with E-state index in [1.54, 1.807) is 23.2 Å². The maximum Gasteiger partial charge on any atom is 0.231 e. The van der Waals surface area contributed by atoms with Crippen LogP contribution in [0.25, 0.3) is 0 Å². The Labute approximate surface area is 128 Å². The molecule has 1 aliphatic heterocycles. The summed E-state index contributed by atoms with van der Waals surface area (Å²) in [6.07, 6.45) is 3.51. The van der Waals surface area contributed by atoms with Crippen LogP contribution in [0, 0.1) is 5.82 Å². The average Bonchev–Trinajstić information content (AvgIpc) is 2.56. The van der Waals surface area contributed by atoms with E-state index in [-0.39, 0.29) is 12.3 Å². The first-order valence-corrected chi connectivity index (χ1v) is 7.25. The van der Waals surface area contributed by atoms with Crippen LogP contribution in [0.4, 0.5) is 10.1 Å². The molecule has 1 amide bonds.